The van der Waals surface area contributed by atoms with E-state index in [4.69, 9.17) is 4.74 Å². The molecule has 0 aromatic carbocycles. The van der Waals surface area contributed by atoms with Crippen molar-refractivity contribution >= 4 is 5.97 Å². The van der Waals surface area contributed by atoms with Crippen molar-refractivity contribution in [1.82, 2.24) is 4.90 Å². The zero-order valence-corrected chi connectivity index (χ0v) is 8.87. The molecule has 3 heterocycles. The van der Waals surface area contributed by atoms with Crippen LogP contribution in [0.5, 0.6) is 0 Å². The molecule has 0 spiro atoms. The fraction of sp³-hybridized carbons (Fsp3) is 0.909. The van der Waals surface area contributed by atoms with Crippen LogP contribution in [-0.4, -0.2) is 37.1 Å². The highest BCUT2D eigenvalue weighted by atomic mass is 16.5. The van der Waals surface area contributed by atoms with Crippen LogP contribution in [-0.2, 0) is 9.53 Å². The normalized spacial score (nSPS) is 35.6. The molecule has 3 rings (SSSR count). The molecule has 3 aliphatic rings. The van der Waals surface area contributed by atoms with Gasteiger partial charge in [0.1, 0.15) is 0 Å². The lowest BCUT2D eigenvalue weighted by molar-refractivity contribution is -0.145. The van der Waals surface area contributed by atoms with E-state index in [9.17, 15) is 4.79 Å². The number of carbonyl (C=O) groups excluding carboxylic acids is 1. The summed E-state index contributed by atoms with van der Waals surface area (Å²) in [5.74, 6) is 1.34. The molecule has 0 radical (unpaired) electrons. The summed E-state index contributed by atoms with van der Waals surface area (Å²) >= 11 is 0. The van der Waals surface area contributed by atoms with Crippen LogP contribution in [0.25, 0.3) is 0 Å². The van der Waals surface area contributed by atoms with Gasteiger partial charge in [-0.25, -0.2) is 0 Å². The molecular weight excluding hydrogens is 178 g/mol. The van der Waals surface area contributed by atoms with Crippen LogP contribution in [0.2, 0.25) is 0 Å². The molecule has 3 heteroatoms. The van der Waals surface area contributed by atoms with Gasteiger partial charge in [0.15, 0.2) is 0 Å². The lowest BCUT2D eigenvalue weighted by Gasteiger charge is -2.44. The molecule has 14 heavy (non-hydrogen) atoms. The Balaban J connectivity index is 1.83. The number of piperidine rings is 3. The fourth-order valence-electron chi connectivity index (χ4n) is 2.75. The topological polar surface area (TPSA) is 29.5 Å². The Bertz CT molecular complexity index is 209. The predicted molar refractivity (Wildman–Crippen MR) is 53.9 cm³/mol. The second kappa shape index (κ2) is 4.30. The van der Waals surface area contributed by atoms with Gasteiger partial charge in [-0.15, -0.1) is 0 Å². The molecule has 0 saturated carbocycles. The van der Waals surface area contributed by atoms with Crippen LogP contribution in [0.3, 0.4) is 0 Å². The largest absolute Gasteiger partial charge is 0.466 e. The Kier molecular flexibility index (Phi) is 3.06. The summed E-state index contributed by atoms with van der Waals surface area (Å²) in [6, 6.07) is 0. The summed E-state index contributed by atoms with van der Waals surface area (Å²) in [5, 5.41) is 0. The van der Waals surface area contributed by atoms with Crippen LogP contribution < -0.4 is 0 Å². The summed E-state index contributed by atoms with van der Waals surface area (Å²) < 4.78 is 4.99. The van der Waals surface area contributed by atoms with Gasteiger partial charge in [-0.2, -0.15) is 0 Å². The molecule has 3 fully saturated rings. The van der Waals surface area contributed by atoms with E-state index in [1.807, 2.05) is 6.92 Å². The van der Waals surface area contributed by atoms with Gasteiger partial charge in [-0.1, -0.05) is 0 Å². The van der Waals surface area contributed by atoms with Crippen LogP contribution in [0.15, 0.2) is 0 Å². The van der Waals surface area contributed by atoms with Crippen molar-refractivity contribution in [2.75, 3.05) is 26.2 Å². The Morgan fingerprint density at radius 1 is 1.43 bits per heavy atom. The molecule has 0 N–H and O–H groups in total. The maximum Gasteiger partial charge on any atom is 0.306 e. The fourth-order valence-corrected chi connectivity index (χ4v) is 2.75. The number of hydrogen-bond donors (Lipinski definition) is 0. The van der Waals surface area contributed by atoms with E-state index in [2.05, 4.69) is 4.90 Å². The Morgan fingerprint density at radius 3 is 2.64 bits per heavy atom. The molecule has 2 bridgehead atoms. The van der Waals surface area contributed by atoms with Gasteiger partial charge >= 0.3 is 5.97 Å². The minimum Gasteiger partial charge on any atom is -0.466 e. The quantitative estimate of drug-likeness (QED) is 0.638. The SMILES string of the molecule is CCOC(=O)CC1CN2CCC1CC2. The summed E-state index contributed by atoms with van der Waals surface area (Å²) in [4.78, 5) is 13.8. The highest BCUT2D eigenvalue weighted by molar-refractivity contribution is 5.69. The third-order valence-electron chi connectivity index (χ3n) is 3.53. The minimum absolute atomic E-state index is 0.00810. The zero-order chi connectivity index (χ0) is 9.97. The van der Waals surface area contributed by atoms with E-state index in [0.29, 0.717) is 18.9 Å². The summed E-state index contributed by atoms with van der Waals surface area (Å²) in [5.41, 5.74) is 0. The van der Waals surface area contributed by atoms with Crippen molar-refractivity contribution in [2.45, 2.75) is 26.2 Å². The van der Waals surface area contributed by atoms with E-state index < -0.39 is 0 Å². The summed E-state index contributed by atoms with van der Waals surface area (Å²) in [7, 11) is 0. The first-order chi connectivity index (χ1) is 6.79. The predicted octanol–water partition coefficient (Wildman–Crippen LogP) is 1.28. The number of nitrogens with zero attached hydrogens (tertiary/aromatic N) is 1. The number of fused-ring (bicyclic) bond motifs is 3. The third-order valence-corrected chi connectivity index (χ3v) is 3.53. The van der Waals surface area contributed by atoms with Gasteiger partial charge in [-0.05, 0) is 44.7 Å². The second-order valence-electron chi connectivity index (χ2n) is 4.41. The first kappa shape index (κ1) is 9.97. The Morgan fingerprint density at radius 2 is 2.14 bits per heavy atom. The second-order valence-corrected chi connectivity index (χ2v) is 4.41. The van der Waals surface area contributed by atoms with Crippen LogP contribution in [0, 0.1) is 11.8 Å². The molecule has 1 unspecified atom stereocenters. The number of rotatable bonds is 3. The molecule has 0 amide bonds. The van der Waals surface area contributed by atoms with Crippen molar-refractivity contribution in [3.63, 3.8) is 0 Å². The molecule has 0 aromatic rings. The number of hydrogen-bond acceptors (Lipinski definition) is 3. The van der Waals surface area contributed by atoms with Crippen molar-refractivity contribution in [1.29, 1.82) is 0 Å². The Labute approximate surface area is 85.4 Å². The molecule has 0 aromatic heterocycles. The van der Waals surface area contributed by atoms with E-state index >= 15 is 0 Å². The monoisotopic (exact) mass is 197 g/mol. The minimum atomic E-state index is -0.00810. The third kappa shape index (κ3) is 2.08. The molecule has 3 saturated heterocycles. The smallest absolute Gasteiger partial charge is 0.306 e. The van der Waals surface area contributed by atoms with E-state index in [1.165, 1.54) is 25.9 Å². The van der Waals surface area contributed by atoms with Crippen molar-refractivity contribution in [2.24, 2.45) is 11.8 Å². The number of esters is 1. The molecule has 1 atom stereocenters. The first-order valence-corrected chi connectivity index (χ1v) is 5.67. The molecule has 80 valence electrons. The van der Waals surface area contributed by atoms with E-state index in [1.54, 1.807) is 0 Å². The van der Waals surface area contributed by atoms with Gasteiger partial charge in [0, 0.05) is 13.0 Å². The van der Waals surface area contributed by atoms with E-state index in [0.717, 1.165) is 12.5 Å². The highest BCUT2D eigenvalue weighted by Gasteiger charge is 2.35. The lowest BCUT2D eigenvalue weighted by Crippen LogP contribution is -2.48. The van der Waals surface area contributed by atoms with Gasteiger partial charge in [0.25, 0.3) is 0 Å². The average Bonchev–Trinajstić information content (AvgIpc) is 2.19. The molecular formula is C11H19NO2. The van der Waals surface area contributed by atoms with Gasteiger partial charge in [-0.3, -0.25) is 4.79 Å². The summed E-state index contributed by atoms with van der Waals surface area (Å²) in [6.07, 6.45) is 3.20. The standard InChI is InChI=1S/C11H19NO2/c1-2-14-11(13)7-10-8-12-5-3-9(10)4-6-12/h9-10H,2-8H2,1H3. The number of ether oxygens (including phenoxy) is 1. The molecule has 0 aliphatic carbocycles. The maximum absolute atomic E-state index is 11.3. The van der Waals surface area contributed by atoms with Crippen molar-refractivity contribution in [3.05, 3.63) is 0 Å². The van der Waals surface area contributed by atoms with Gasteiger partial charge < -0.3 is 9.64 Å². The number of carbonyl (C=O) groups is 1. The maximum atomic E-state index is 11.3. The van der Waals surface area contributed by atoms with Gasteiger partial charge in [0.05, 0.1) is 6.61 Å². The first-order valence-electron chi connectivity index (χ1n) is 5.67. The van der Waals surface area contributed by atoms with Crippen LogP contribution >= 0.6 is 0 Å². The molecule has 3 nitrogen and oxygen atoms in total. The van der Waals surface area contributed by atoms with Gasteiger partial charge in [0.2, 0.25) is 0 Å². The van der Waals surface area contributed by atoms with Crippen LogP contribution in [0.4, 0.5) is 0 Å². The Hall–Kier alpha value is -0.570. The zero-order valence-electron chi connectivity index (χ0n) is 8.87. The highest BCUT2D eigenvalue weighted by Crippen LogP contribution is 2.34. The van der Waals surface area contributed by atoms with Crippen LogP contribution in [0.1, 0.15) is 26.2 Å². The molecule has 3 aliphatic heterocycles. The lowest BCUT2D eigenvalue weighted by atomic mass is 9.77. The summed E-state index contributed by atoms with van der Waals surface area (Å²) in [6.45, 7) is 5.98. The van der Waals surface area contributed by atoms with Crippen molar-refractivity contribution < 1.29 is 9.53 Å². The van der Waals surface area contributed by atoms with Crippen molar-refractivity contribution in [3.8, 4) is 0 Å². The van der Waals surface area contributed by atoms with E-state index in [-0.39, 0.29) is 5.97 Å². The average molecular weight is 197 g/mol.